The number of ether oxygens (including phenoxy) is 1. The fourth-order valence-corrected chi connectivity index (χ4v) is 2.56. The highest BCUT2D eigenvalue weighted by Crippen LogP contribution is 2.36. The Labute approximate surface area is 121 Å². The molecule has 1 fully saturated rings. The quantitative estimate of drug-likeness (QED) is 0.794. The first-order valence-corrected chi connectivity index (χ1v) is 7.57. The Kier molecular flexibility index (Phi) is 5.38. The van der Waals surface area contributed by atoms with E-state index in [1.165, 1.54) is 12.8 Å². The summed E-state index contributed by atoms with van der Waals surface area (Å²) in [6.07, 6.45) is 4.76. The maximum absolute atomic E-state index is 9.81. The Morgan fingerprint density at radius 1 is 1.45 bits per heavy atom. The summed E-state index contributed by atoms with van der Waals surface area (Å²) in [5.41, 5.74) is 1.87. The van der Waals surface area contributed by atoms with Gasteiger partial charge in [0.1, 0.15) is 0 Å². The monoisotopic (exact) mass is 278 g/mol. The third-order valence-corrected chi connectivity index (χ3v) is 4.16. The van der Waals surface area contributed by atoms with Crippen LogP contribution in [-0.2, 0) is 4.74 Å². The summed E-state index contributed by atoms with van der Waals surface area (Å²) in [6.45, 7) is 5.84. The fraction of sp³-hybridized carbons (Fsp3) is 0.688. The summed E-state index contributed by atoms with van der Waals surface area (Å²) in [5, 5.41) is 9.81. The van der Waals surface area contributed by atoms with Crippen molar-refractivity contribution in [1.29, 1.82) is 0 Å². The molecule has 1 N–H and O–H groups in total. The zero-order chi connectivity index (χ0) is 14.5. The predicted octanol–water partition coefficient (Wildman–Crippen LogP) is 2.78. The number of rotatable bonds is 8. The maximum atomic E-state index is 9.81. The van der Waals surface area contributed by atoms with Crippen LogP contribution in [0.15, 0.2) is 18.3 Å². The zero-order valence-electron chi connectivity index (χ0n) is 12.7. The highest BCUT2D eigenvalue weighted by molar-refractivity contribution is 5.46. The summed E-state index contributed by atoms with van der Waals surface area (Å²) in [6, 6.07) is 4.52. The first-order valence-electron chi connectivity index (χ1n) is 7.57. The lowest BCUT2D eigenvalue weighted by Crippen LogP contribution is -2.37. The van der Waals surface area contributed by atoms with Gasteiger partial charge in [0, 0.05) is 19.7 Å². The second-order valence-corrected chi connectivity index (χ2v) is 5.63. The molecule has 0 aromatic carbocycles. The molecule has 1 unspecified atom stereocenters. The summed E-state index contributed by atoms with van der Waals surface area (Å²) >= 11 is 0. The highest BCUT2D eigenvalue weighted by Gasteiger charge is 2.32. The molecule has 1 saturated carbocycles. The van der Waals surface area contributed by atoms with Gasteiger partial charge in [-0.1, -0.05) is 6.92 Å². The van der Waals surface area contributed by atoms with Crippen molar-refractivity contribution in [2.45, 2.75) is 45.3 Å². The van der Waals surface area contributed by atoms with Crippen molar-refractivity contribution in [3.8, 4) is 0 Å². The van der Waals surface area contributed by atoms with Crippen molar-refractivity contribution in [3.05, 3.63) is 24.0 Å². The van der Waals surface area contributed by atoms with Crippen LogP contribution in [0.2, 0.25) is 0 Å². The lowest BCUT2D eigenvalue weighted by atomic mass is 10.1. The average molecular weight is 278 g/mol. The molecular formula is C16H26N2O2. The van der Waals surface area contributed by atoms with E-state index >= 15 is 0 Å². The Bertz CT molecular complexity index is 403. The molecule has 1 aliphatic rings. The Morgan fingerprint density at radius 2 is 2.20 bits per heavy atom. The molecular weight excluding hydrogens is 252 g/mol. The minimum Gasteiger partial charge on any atom is -0.387 e. The third kappa shape index (κ3) is 3.70. The van der Waals surface area contributed by atoms with E-state index in [2.05, 4.69) is 22.9 Å². The smallest absolute Gasteiger partial charge is 0.0957 e. The van der Waals surface area contributed by atoms with Crippen LogP contribution in [0.3, 0.4) is 0 Å². The topological polar surface area (TPSA) is 45.6 Å². The molecule has 112 valence electrons. The standard InChI is InChI=1S/C16H26N2O2/c1-4-16(19)15-8-7-14(11-17-15)18(9-10-20-3)12(2)13-5-6-13/h7-8,11-13,16,19H,4-6,9-10H2,1-3H3/t12?,16-/m1/s1. The minimum absolute atomic E-state index is 0.461. The lowest BCUT2D eigenvalue weighted by molar-refractivity contribution is 0.169. The Hall–Kier alpha value is -1.13. The van der Waals surface area contributed by atoms with Gasteiger partial charge in [0.05, 0.1) is 30.3 Å². The maximum Gasteiger partial charge on any atom is 0.0957 e. The van der Waals surface area contributed by atoms with Crippen LogP contribution in [0.25, 0.3) is 0 Å². The van der Waals surface area contributed by atoms with Crippen molar-refractivity contribution in [1.82, 2.24) is 4.98 Å². The number of hydrogen-bond acceptors (Lipinski definition) is 4. The van der Waals surface area contributed by atoms with Gasteiger partial charge in [-0.05, 0) is 44.2 Å². The van der Waals surface area contributed by atoms with Crippen molar-refractivity contribution >= 4 is 5.69 Å². The summed E-state index contributed by atoms with van der Waals surface area (Å²) < 4.78 is 5.22. The van der Waals surface area contributed by atoms with E-state index in [1.807, 2.05) is 19.2 Å². The Balaban J connectivity index is 2.10. The summed E-state index contributed by atoms with van der Waals surface area (Å²) in [4.78, 5) is 6.78. The first-order chi connectivity index (χ1) is 9.67. The fourth-order valence-electron chi connectivity index (χ4n) is 2.56. The molecule has 1 aliphatic carbocycles. The van der Waals surface area contributed by atoms with Crippen LogP contribution >= 0.6 is 0 Å². The molecule has 2 rings (SSSR count). The van der Waals surface area contributed by atoms with Crippen LogP contribution in [0, 0.1) is 5.92 Å². The van der Waals surface area contributed by atoms with E-state index in [-0.39, 0.29) is 0 Å². The van der Waals surface area contributed by atoms with Crippen LogP contribution in [-0.4, -0.2) is 36.4 Å². The molecule has 0 spiro atoms. The minimum atomic E-state index is -0.461. The highest BCUT2D eigenvalue weighted by atomic mass is 16.5. The number of pyridine rings is 1. The third-order valence-electron chi connectivity index (χ3n) is 4.16. The number of nitrogens with zero attached hydrogens (tertiary/aromatic N) is 2. The van der Waals surface area contributed by atoms with Gasteiger partial charge in [-0.25, -0.2) is 0 Å². The second kappa shape index (κ2) is 7.04. The SMILES string of the molecule is CC[C@@H](O)c1ccc(N(CCOC)C(C)C2CC2)cn1. The van der Waals surface area contributed by atoms with E-state index in [1.54, 1.807) is 7.11 Å². The van der Waals surface area contributed by atoms with Crippen LogP contribution in [0.5, 0.6) is 0 Å². The van der Waals surface area contributed by atoms with Gasteiger partial charge >= 0.3 is 0 Å². The molecule has 1 aromatic rings. The number of aliphatic hydroxyl groups is 1. The van der Waals surface area contributed by atoms with E-state index < -0.39 is 6.10 Å². The van der Waals surface area contributed by atoms with Gasteiger partial charge in [0.15, 0.2) is 0 Å². The molecule has 0 amide bonds. The number of aliphatic hydroxyl groups excluding tert-OH is 1. The molecule has 1 heterocycles. The molecule has 4 nitrogen and oxygen atoms in total. The number of aromatic nitrogens is 1. The molecule has 0 aliphatic heterocycles. The number of anilines is 1. The Morgan fingerprint density at radius 3 is 2.70 bits per heavy atom. The van der Waals surface area contributed by atoms with Gasteiger partial charge in [-0.3, -0.25) is 4.98 Å². The van der Waals surface area contributed by atoms with Crippen molar-refractivity contribution in [2.24, 2.45) is 5.92 Å². The summed E-state index contributed by atoms with van der Waals surface area (Å²) in [5.74, 6) is 0.799. The first kappa shape index (κ1) is 15.3. The molecule has 2 atom stereocenters. The van der Waals surface area contributed by atoms with Crippen molar-refractivity contribution in [2.75, 3.05) is 25.2 Å². The van der Waals surface area contributed by atoms with Crippen LogP contribution in [0.4, 0.5) is 5.69 Å². The summed E-state index contributed by atoms with van der Waals surface area (Å²) in [7, 11) is 1.74. The molecule has 0 saturated heterocycles. The van der Waals surface area contributed by atoms with E-state index in [0.717, 1.165) is 30.5 Å². The zero-order valence-corrected chi connectivity index (χ0v) is 12.7. The van der Waals surface area contributed by atoms with Crippen LogP contribution < -0.4 is 4.90 Å². The molecule has 0 bridgehead atoms. The van der Waals surface area contributed by atoms with E-state index in [0.29, 0.717) is 12.5 Å². The normalized spacial score (nSPS) is 17.8. The van der Waals surface area contributed by atoms with Gasteiger partial charge in [-0.15, -0.1) is 0 Å². The molecule has 4 heteroatoms. The average Bonchev–Trinajstić information content (AvgIpc) is 3.32. The number of methoxy groups -OCH3 is 1. The number of hydrogen-bond donors (Lipinski definition) is 1. The van der Waals surface area contributed by atoms with Gasteiger partial charge < -0.3 is 14.7 Å². The van der Waals surface area contributed by atoms with E-state index in [4.69, 9.17) is 4.74 Å². The second-order valence-electron chi connectivity index (χ2n) is 5.63. The molecule has 20 heavy (non-hydrogen) atoms. The van der Waals surface area contributed by atoms with E-state index in [9.17, 15) is 5.11 Å². The van der Waals surface area contributed by atoms with Crippen molar-refractivity contribution < 1.29 is 9.84 Å². The lowest BCUT2D eigenvalue weighted by Gasteiger charge is -2.31. The van der Waals surface area contributed by atoms with Gasteiger partial charge in [-0.2, -0.15) is 0 Å². The van der Waals surface area contributed by atoms with Crippen LogP contribution in [0.1, 0.15) is 44.9 Å². The van der Waals surface area contributed by atoms with Gasteiger partial charge in [0.2, 0.25) is 0 Å². The van der Waals surface area contributed by atoms with Crippen molar-refractivity contribution in [3.63, 3.8) is 0 Å². The molecule has 0 radical (unpaired) electrons. The largest absolute Gasteiger partial charge is 0.387 e. The predicted molar refractivity (Wildman–Crippen MR) is 80.9 cm³/mol. The molecule has 1 aromatic heterocycles. The van der Waals surface area contributed by atoms with Gasteiger partial charge in [0.25, 0.3) is 0 Å².